The lowest BCUT2D eigenvalue weighted by Crippen LogP contribution is -2.40. The summed E-state index contributed by atoms with van der Waals surface area (Å²) in [6, 6.07) is 13.0. The van der Waals surface area contributed by atoms with Crippen LogP contribution in [0.1, 0.15) is 34.5 Å². The van der Waals surface area contributed by atoms with Crippen molar-refractivity contribution < 1.29 is 19.5 Å². The maximum absolute atomic E-state index is 12.2. The van der Waals surface area contributed by atoms with Gasteiger partial charge in [-0.3, -0.25) is 14.4 Å². The monoisotopic (exact) mass is 367 g/mol. The van der Waals surface area contributed by atoms with Gasteiger partial charge < -0.3 is 21.1 Å². The molecule has 1 aliphatic carbocycles. The van der Waals surface area contributed by atoms with Crippen molar-refractivity contribution in [1.82, 2.24) is 10.6 Å². The first-order chi connectivity index (χ1) is 13.0. The van der Waals surface area contributed by atoms with Crippen molar-refractivity contribution >= 4 is 23.4 Å². The molecule has 0 aromatic heterocycles. The fraction of sp³-hybridized carbons (Fsp3) is 0.250. The molecule has 3 rings (SSSR count). The van der Waals surface area contributed by atoms with Crippen LogP contribution in [0, 0.1) is 0 Å². The van der Waals surface area contributed by atoms with Crippen LogP contribution >= 0.6 is 0 Å². The molecule has 3 amide bonds. The van der Waals surface area contributed by atoms with Gasteiger partial charge in [-0.15, -0.1) is 0 Å². The predicted molar refractivity (Wildman–Crippen MR) is 100 cm³/mol. The number of benzene rings is 2. The van der Waals surface area contributed by atoms with Gasteiger partial charge in [0.05, 0.1) is 12.1 Å². The molecule has 4 N–H and O–H groups in total. The highest BCUT2D eigenvalue weighted by molar-refractivity contribution is 6.39. The summed E-state index contributed by atoms with van der Waals surface area (Å²) in [4.78, 5) is 36.1. The molecule has 2 atom stereocenters. The molecular weight excluding hydrogens is 346 g/mol. The van der Waals surface area contributed by atoms with Gasteiger partial charge in [-0.2, -0.15) is 0 Å². The van der Waals surface area contributed by atoms with E-state index in [0.717, 1.165) is 11.1 Å². The number of carbonyl (C=O) groups excluding carboxylic acids is 3. The van der Waals surface area contributed by atoms with Crippen molar-refractivity contribution in [3.63, 3.8) is 0 Å². The molecule has 0 heterocycles. The van der Waals surface area contributed by atoms with Crippen LogP contribution in [-0.4, -0.2) is 35.5 Å². The summed E-state index contributed by atoms with van der Waals surface area (Å²) in [6.07, 6.45) is -0.333. The Balaban J connectivity index is 1.61. The van der Waals surface area contributed by atoms with Gasteiger partial charge in [0.15, 0.2) is 0 Å². The quantitative estimate of drug-likeness (QED) is 0.608. The molecule has 2 aromatic rings. The summed E-state index contributed by atoms with van der Waals surface area (Å²) in [5, 5.41) is 17.9. The molecule has 0 spiro atoms. The van der Waals surface area contributed by atoms with Crippen molar-refractivity contribution in [3.05, 3.63) is 65.2 Å². The van der Waals surface area contributed by atoms with Crippen LogP contribution < -0.4 is 16.0 Å². The molecule has 0 fully saturated rings. The Kier molecular flexibility index (Phi) is 5.52. The van der Waals surface area contributed by atoms with E-state index in [1.54, 1.807) is 24.3 Å². The number of carbonyl (C=O) groups is 3. The summed E-state index contributed by atoms with van der Waals surface area (Å²) < 4.78 is 0. The topological polar surface area (TPSA) is 108 Å². The Morgan fingerprint density at radius 1 is 1.04 bits per heavy atom. The number of anilines is 1. The van der Waals surface area contributed by atoms with Crippen LogP contribution in [0.5, 0.6) is 0 Å². The molecule has 0 saturated heterocycles. The number of aliphatic hydroxyl groups excluding tert-OH is 1. The van der Waals surface area contributed by atoms with Crippen LogP contribution in [0.2, 0.25) is 0 Å². The highest BCUT2D eigenvalue weighted by Gasteiger charge is 2.33. The molecule has 0 radical (unpaired) electrons. The van der Waals surface area contributed by atoms with Crippen LogP contribution in [0.25, 0.3) is 0 Å². The van der Waals surface area contributed by atoms with Gasteiger partial charge in [-0.25, -0.2) is 0 Å². The summed E-state index contributed by atoms with van der Waals surface area (Å²) in [7, 11) is 0. The van der Waals surface area contributed by atoms with Gasteiger partial charge in [-0.1, -0.05) is 24.3 Å². The third-order valence-corrected chi connectivity index (χ3v) is 4.44. The van der Waals surface area contributed by atoms with Gasteiger partial charge in [0.1, 0.15) is 0 Å². The molecule has 140 valence electrons. The number of nitrogens with one attached hydrogen (secondary N) is 3. The van der Waals surface area contributed by atoms with Crippen LogP contribution in [0.4, 0.5) is 5.69 Å². The van der Waals surface area contributed by atoms with Gasteiger partial charge in [0.25, 0.3) is 5.91 Å². The van der Waals surface area contributed by atoms with E-state index in [1.807, 2.05) is 31.2 Å². The van der Waals surface area contributed by atoms with Crippen molar-refractivity contribution in [3.8, 4) is 0 Å². The number of fused-ring (bicyclic) bond motifs is 1. The molecule has 7 heteroatoms. The SMILES string of the molecule is CCNC(=O)c1ccc(NC(=O)C(=O)N[C@@H]2c3ccccc3C[C@@H]2O)cc1. The first-order valence-electron chi connectivity index (χ1n) is 8.75. The smallest absolute Gasteiger partial charge is 0.313 e. The Morgan fingerprint density at radius 3 is 2.44 bits per heavy atom. The molecule has 2 aromatic carbocycles. The van der Waals surface area contributed by atoms with E-state index in [2.05, 4.69) is 16.0 Å². The standard InChI is InChI=1S/C20H21N3O4/c1-2-21-18(25)12-7-9-14(10-8-12)22-19(26)20(27)23-17-15-6-4-3-5-13(15)11-16(17)24/h3-10,16-17,24H,2,11H2,1H3,(H,21,25)(H,22,26)(H,23,27)/t16-,17+/m0/s1. The maximum atomic E-state index is 12.2. The van der Waals surface area contributed by atoms with Gasteiger partial charge in [0, 0.05) is 24.2 Å². The largest absolute Gasteiger partial charge is 0.390 e. The van der Waals surface area contributed by atoms with Gasteiger partial charge in [0.2, 0.25) is 0 Å². The fourth-order valence-electron chi connectivity index (χ4n) is 3.11. The first kappa shape index (κ1) is 18.6. The van der Waals surface area contributed by atoms with E-state index < -0.39 is 24.0 Å². The zero-order valence-electron chi connectivity index (χ0n) is 14.9. The van der Waals surface area contributed by atoms with Crippen LogP contribution in [-0.2, 0) is 16.0 Å². The van der Waals surface area contributed by atoms with Crippen molar-refractivity contribution in [2.24, 2.45) is 0 Å². The predicted octanol–water partition coefficient (Wildman–Crippen LogP) is 1.15. The molecule has 0 bridgehead atoms. The molecule has 7 nitrogen and oxygen atoms in total. The average Bonchev–Trinajstić information content (AvgIpc) is 2.98. The Hall–Kier alpha value is -3.19. The number of amides is 3. The van der Waals surface area contributed by atoms with E-state index in [0.29, 0.717) is 24.2 Å². The minimum Gasteiger partial charge on any atom is -0.390 e. The molecule has 0 saturated carbocycles. The third-order valence-electron chi connectivity index (χ3n) is 4.44. The van der Waals surface area contributed by atoms with Crippen molar-refractivity contribution in [1.29, 1.82) is 0 Å². The van der Waals surface area contributed by atoms with Crippen LogP contribution in [0.3, 0.4) is 0 Å². The van der Waals surface area contributed by atoms with E-state index in [4.69, 9.17) is 0 Å². The third kappa shape index (κ3) is 4.15. The summed E-state index contributed by atoms with van der Waals surface area (Å²) in [5.41, 5.74) is 2.63. The van der Waals surface area contributed by atoms with E-state index in [1.165, 1.54) is 0 Å². The number of aliphatic hydroxyl groups is 1. The number of hydrogen-bond donors (Lipinski definition) is 4. The fourth-order valence-corrected chi connectivity index (χ4v) is 3.11. The number of hydrogen-bond acceptors (Lipinski definition) is 4. The van der Waals surface area contributed by atoms with Gasteiger partial charge >= 0.3 is 11.8 Å². The molecular formula is C20H21N3O4. The first-order valence-corrected chi connectivity index (χ1v) is 8.75. The highest BCUT2D eigenvalue weighted by Crippen LogP contribution is 2.31. The highest BCUT2D eigenvalue weighted by atomic mass is 16.3. The van der Waals surface area contributed by atoms with Crippen LogP contribution in [0.15, 0.2) is 48.5 Å². The average molecular weight is 367 g/mol. The summed E-state index contributed by atoms with van der Waals surface area (Å²) in [5.74, 6) is -1.87. The Bertz CT molecular complexity index is 864. The minimum absolute atomic E-state index is 0.206. The Labute approximate surface area is 156 Å². The number of rotatable bonds is 4. The molecule has 27 heavy (non-hydrogen) atoms. The normalized spacial score (nSPS) is 17.7. The van der Waals surface area contributed by atoms with E-state index >= 15 is 0 Å². The van der Waals surface area contributed by atoms with Gasteiger partial charge in [-0.05, 0) is 42.3 Å². The second-order valence-corrected chi connectivity index (χ2v) is 6.31. The second kappa shape index (κ2) is 8.01. The van der Waals surface area contributed by atoms with E-state index in [-0.39, 0.29) is 5.91 Å². The molecule has 1 aliphatic rings. The Morgan fingerprint density at radius 2 is 1.74 bits per heavy atom. The van der Waals surface area contributed by atoms with E-state index in [9.17, 15) is 19.5 Å². The van der Waals surface area contributed by atoms with Crippen molar-refractivity contribution in [2.45, 2.75) is 25.5 Å². The zero-order chi connectivity index (χ0) is 19.4. The lowest BCUT2D eigenvalue weighted by atomic mass is 10.1. The summed E-state index contributed by atoms with van der Waals surface area (Å²) in [6.45, 7) is 2.35. The molecule has 0 unspecified atom stereocenters. The maximum Gasteiger partial charge on any atom is 0.313 e. The minimum atomic E-state index is -0.836. The second-order valence-electron chi connectivity index (χ2n) is 6.31. The lowest BCUT2D eigenvalue weighted by Gasteiger charge is -2.17. The zero-order valence-corrected chi connectivity index (χ0v) is 14.9. The van der Waals surface area contributed by atoms with Crippen molar-refractivity contribution in [2.75, 3.05) is 11.9 Å². The lowest BCUT2D eigenvalue weighted by molar-refractivity contribution is -0.137. The summed E-state index contributed by atoms with van der Waals surface area (Å²) >= 11 is 0. The molecule has 0 aliphatic heterocycles.